The van der Waals surface area contributed by atoms with Gasteiger partial charge in [-0.1, -0.05) is 6.92 Å². The van der Waals surface area contributed by atoms with Gasteiger partial charge < -0.3 is 14.8 Å². The molecule has 1 N–H and O–H groups in total. The molecule has 0 aliphatic carbocycles. The van der Waals surface area contributed by atoms with Crippen LogP contribution in [0.5, 0.6) is 0 Å². The normalized spacial score (nSPS) is 27.3. The van der Waals surface area contributed by atoms with E-state index >= 15 is 0 Å². The molecular weight excluding hydrogens is 226 g/mol. The molecule has 1 fully saturated rings. The van der Waals surface area contributed by atoms with Gasteiger partial charge in [0.2, 0.25) is 0 Å². The van der Waals surface area contributed by atoms with Crippen molar-refractivity contribution in [1.82, 2.24) is 5.32 Å². The van der Waals surface area contributed by atoms with Crippen LogP contribution in [-0.4, -0.2) is 38.0 Å². The summed E-state index contributed by atoms with van der Waals surface area (Å²) in [5.74, 6) is 1.34. The Balaban J connectivity index is 2.33. The van der Waals surface area contributed by atoms with Crippen LogP contribution in [-0.2, 0) is 9.47 Å². The second-order valence-electron chi connectivity index (χ2n) is 6.90. The van der Waals surface area contributed by atoms with Crippen molar-refractivity contribution >= 4 is 0 Å². The molecule has 1 saturated heterocycles. The van der Waals surface area contributed by atoms with E-state index in [1.165, 1.54) is 12.8 Å². The number of nitrogens with one attached hydrogen (secondary N) is 1. The minimum atomic E-state index is 0.0181. The predicted octanol–water partition coefficient (Wildman–Crippen LogP) is 2.84. The van der Waals surface area contributed by atoms with E-state index in [1.807, 2.05) is 0 Å². The number of hydrogen-bond donors (Lipinski definition) is 1. The van der Waals surface area contributed by atoms with Crippen molar-refractivity contribution in [3.05, 3.63) is 0 Å². The number of hydrogen-bond acceptors (Lipinski definition) is 3. The molecule has 1 heterocycles. The van der Waals surface area contributed by atoms with Crippen LogP contribution in [0.25, 0.3) is 0 Å². The Hall–Kier alpha value is -0.120. The molecule has 0 radical (unpaired) electrons. The Morgan fingerprint density at radius 2 is 2.00 bits per heavy atom. The highest BCUT2D eigenvalue weighted by molar-refractivity contribution is 4.94. The summed E-state index contributed by atoms with van der Waals surface area (Å²) in [6.07, 6.45) is 2.40. The highest BCUT2D eigenvalue weighted by atomic mass is 16.5. The first-order valence-corrected chi connectivity index (χ1v) is 7.16. The van der Waals surface area contributed by atoms with Crippen molar-refractivity contribution in [2.45, 2.75) is 58.7 Å². The molecule has 2 atom stereocenters. The van der Waals surface area contributed by atoms with Gasteiger partial charge in [0.15, 0.2) is 0 Å². The summed E-state index contributed by atoms with van der Waals surface area (Å²) >= 11 is 0. The van der Waals surface area contributed by atoms with Crippen LogP contribution in [0.1, 0.15) is 47.5 Å². The first-order valence-electron chi connectivity index (χ1n) is 7.16. The quantitative estimate of drug-likeness (QED) is 0.711. The minimum absolute atomic E-state index is 0.0181. The van der Waals surface area contributed by atoms with Gasteiger partial charge in [0.25, 0.3) is 0 Å². The lowest BCUT2D eigenvalue weighted by molar-refractivity contribution is -0.0762. The Morgan fingerprint density at radius 3 is 2.50 bits per heavy atom. The largest absolute Gasteiger partial charge is 0.383 e. The van der Waals surface area contributed by atoms with Gasteiger partial charge in [-0.2, -0.15) is 0 Å². The smallest absolute Gasteiger partial charge is 0.0662 e. The maximum atomic E-state index is 6.15. The molecule has 0 saturated carbocycles. The fourth-order valence-electron chi connectivity index (χ4n) is 3.14. The van der Waals surface area contributed by atoms with E-state index in [0.717, 1.165) is 19.7 Å². The Morgan fingerprint density at radius 1 is 1.33 bits per heavy atom. The summed E-state index contributed by atoms with van der Waals surface area (Å²) in [6.45, 7) is 14.0. The van der Waals surface area contributed by atoms with Crippen LogP contribution in [0.2, 0.25) is 0 Å². The van der Waals surface area contributed by atoms with Gasteiger partial charge in [-0.3, -0.25) is 0 Å². The van der Waals surface area contributed by atoms with Gasteiger partial charge in [-0.25, -0.2) is 0 Å². The summed E-state index contributed by atoms with van der Waals surface area (Å²) in [6, 6.07) is 0. The van der Waals surface area contributed by atoms with Crippen LogP contribution >= 0.6 is 0 Å². The van der Waals surface area contributed by atoms with Gasteiger partial charge in [0.1, 0.15) is 0 Å². The third-order valence-corrected chi connectivity index (χ3v) is 3.92. The fourth-order valence-corrected chi connectivity index (χ4v) is 3.14. The van der Waals surface area contributed by atoms with E-state index in [9.17, 15) is 0 Å². The molecule has 1 aliphatic heterocycles. The average molecular weight is 257 g/mol. The monoisotopic (exact) mass is 257 g/mol. The summed E-state index contributed by atoms with van der Waals surface area (Å²) in [5.41, 5.74) is 0.0572. The van der Waals surface area contributed by atoms with Crippen molar-refractivity contribution in [3.8, 4) is 0 Å². The highest BCUT2D eigenvalue weighted by Gasteiger charge is 2.45. The van der Waals surface area contributed by atoms with Crippen LogP contribution in [0.15, 0.2) is 0 Å². The number of methoxy groups -OCH3 is 1. The predicted molar refractivity (Wildman–Crippen MR) is 75.9 cm³/mol. The average Bonchev–Trinajstić information content (AvgIpc) is 2.41. The van der Waals surface area contributed by atoms with Gasteiger partial charge in [-0.15, -0.1) is 0 Å². The molecule has 0 spiro atoms. The molecule has 0 bridgehead atoms. The SMILES string of the molecule is COCCNCC(C)CC1CC(C)(C)OC1(C)C. The molecule has 3 heteroatoms. The first-order chi connectivity index (χ1) is 8.27. The standard InChI is InChI=1S/C15H31NO2/c1-12(11-16-7-8-17-6)9-13-10-14(2,3)18-15(13,4)5/h12-13,16H,7-11H2,1-6H3. The third-order valence-electron chi connectivity index (χ3n) is 3.92. The molecule has 1 aliphatic rings. The molecule has 1 rings (SSSR count). The third kappa shape index (κ3) is 4.87. The van der Waals surface area contributed by atoms with Crippen molar-refractivity contribution < 1.29 is 9.47 Å². The van der Waals surface area contributed by atoms with Gasteiger partial charge in [0, 0.05) is 13.7 Å². The van der Waals surface area contributed by atoms with E-state index in [2.05, 4.69) is 39.9 Å². The molecule has 3 nitrogen and oxygen atoms in total. The van der Waals surface area contributed by atoms with E-state index in [-0.39, 0.29) is 11.2 Å². The Bertz CT molecular complexity index is 251. The van der Waals surface area contributed by atoms with E-state index in [4.69, 9.17) is 9.47 Å². The van der Waals surface area contributed by atoms with Crippen LogP contribution in [0.4, 0.5) is 0 Å². The zero-order chi connectivity index (χ0) is 13.8. The molecule has 0 aromatic rings. The highest BCUT2D eigenvalue weighted by Crippen LogP contribution is 2.44. The second kappa shape index (κ2) is 6.36. The van der Waals surface area contributed by atoms with Crippen LogP contribution < -0.4 is 5.32 Å². The fraction of sp³-hybridized carbons (Fsp3) is 1.00. The molecule has 0 aromatic heterocycles. The zero-order valence-electron chi connectivity index (χ0n) is 13.0. The van der Waals surface area contributed by atoms with E-state index in [1.54, 1.807) is 7.11 Å². The van der Waals surface area contributed by atoms with Crippen molar-refractivity contribution in [2.24, 2.45) is 11.8 Å². The Kier molecular flexibility index (Phi) is 5.63. The first kappa shape index (κ1) is 15.9. The minimum Gasteiger partial charge on any atom is -0.383 e. The summed E-state index contributed by atoms with van der Waals surface area (Å²) < 4.78 is 11.2. The van der Waals surface area contributed by atoms with Crippen LogP contribution in [0, 0.1) is 11.8 Å². The molecule has 18 heavy (non-hydrogen) atoms. The van der Waals surface area contributed by atoms with Gasteiger partial charge in [-0.05, 0) is 58.9 Å². The number of rotatable bonds is 7. The summed E-state index contributed by atoms with van der Waals surface area (Å²) in [7, 11) is 1.74. The number of ether oxygens (including phenoxy) is 2. The van der Waals surface area contributed by atoms with Crippen molar-refractivity contribution in [2.75, 3.05) is 26.8 Å². The van der Waals surface area contributed by atoms with Gasteiger partial charge >= 0.3 is 0 Å². The summed E-state index contributed by atoms with van der Waals surface area (Å²) in [5, 5.41) is 3.44. The lowest BCUT2D eigenvalue weighted by Gasteiger charge is -2.29. The lowest BCUT2D eigenvalue weighted by Crippen LogP contribution is -2.32. The topological polar surface area (TPSA) is 30.5 Å². The second-order valence-corrected chi connectivity index (χ2v) is 6.90. The van der Waals surface area contributed by atoms with Crippen molar-refractivity contribution in [3.63, 3.8) is 0 Å². The van der Waals surface area contributed by atoms with Crippen molar-refractivity contribution in [1.29, 1.82) is 0 Å². The maximum absolute atomic E-state index is 6.15. The Labute approximate surface area is 113 Å². The molecular formula is C15H31NO2. The molecule has 108 valence electrons. The lowest BCUT2D eigenvalue weighted by atomic mass is 9.81. The van der Waals surface area contributed by atoms with E-state index in [0.29, 0.717) is 11.8 Å². The van der Waals surface area contributed by atoms with Gasteiger partial charge in [0.05, 0.1) is 17.8 Å². The van der Waals surface area contributed by atoms with E-state index < -0.39 is 0 Å². The molecule has 0 amide bonds. The molecule has 0 aromatic carbocycles. The van der Waals surface area contributed by atoms with Crippen LogP contribution in [0.3, 0.4) is 0 Å². The zero-order valence-corrected chi connectivity index (χ0v) is 13.0. The maximum Gasteiger partial charge on any atom is 0.0662 e. The molecule has 2 unspecified atom stereocenters. The summed E-state index contributed by atoms with van der Waals surface area (Å²) in [4.78, 5) is 0.